The number of anilines is 2. The summed E-state index contributed by atoms with van der Waals surface area (Å²) < 4.78 is 20.9. The van der Waals surface area contributed by atoms with E-state index in [2.05, 4.69) is 31.8 Å². The Hall–Kier alpha value is -2.00. The van der Waals surface area contributed by atoms with Crippen molar-refractivity contribution in [3.05, 3.63) is 27.1 Å². The van der Waals surface area contributed by atoms with Crippen LogP contribution < -0.4 is 9.80 Å². The van der Waals surface area contributed by atoms with Gasteiger partial charge in [-0.15, -0.1) is 11.8 Å². The van der Waals surface area contributed by atoms with E-state index in [1.54, 1.807) is 11.0 Å². The van der Waals surface area contributed by atoms with Gasteiger partial charge in [0.1, 0.15) is 27.8 Å². The van der Waals surface area contributed by atoms with Crippen LogP contribution in [0.25, 0.3) is 10.9 Å². The summed E-state index contributed by atoms with van der Waals surface area (Å²) in [5.74, 6) is 2.29. The van der Waals surface area contributed by atoms with Crippen LogP contribution in [0.15, 0.2) is 21.3 Å². The molecule has 0 aliphatic carbocycles. The maximum Gasteiger partial charge on any atom is 0.410 e. The number of halogens is 3. The van der Waals surface area contributed by atoms with Gasteiger partial charge in [-0.05, 0) is 42.8 Å². The van der Waals surface area contributed by atoms with Gasteiger partial charge in [0.2, 0.25) is 0 Å². The Morgan fingerprint density at radius 2 is 2.09 bits per heavy atom. The molecular weight excluding hydrogens is 535 g/mol. The highest BCUT2D eigenvalue weighted by Gasteiger charge is 2.45. The van der Waals surface area contributed by atoms with E-state index in [0.29, 0.717) is 41.5 Å². The van der Waals surface area contributed by atoms with Gasteiger partial charge in [-0.25, -0.2) is 19.0 Å². The fourth-order valence-electron chi connectivity index (χ4n) is 4.56. The molecule has 1 aromatic heterocycles. The summed E-state index contributed by atoms with van der Waals surface area (Å²) in [5.41, 5.74) is 1.60. The topological polar surface area (TPSA) is 66.0 Å². The first-order valence-corrected chi connectivity index (χ1v) is 12.7. The molecule has 0 unspecified atom stereocenters. The van der Waals surface area contributed by atoms with Gasteiger partial charge in [-0.2, -0.15) is 0 Å². The van der Waals surface area contributed by atoms with Crippen molar-refractivity contribution in [2.24, 2.45) is 0 Å². The second-order valence-electron chi connectivity index (χ2n) is 9.12. The number of fused-ring (bicyclic) bond motifs is 4. The van der Waals surface area contributed by atoms with Crippen LogP contribution in [0.5, 0.6) is 0 Å². The number of pyridine rings is 1. The second-order valence-corrected chi connectivity index (χ2v) is 11.4. The zero-order chi connectivity index (χ0) is 23.7. The van der Waals surface area contributed by atoms with Crippen LogP contribution in [0.2, 0.25) is 5.02 Å². The number of benzene rings is 1. The number of hydrogen-bond donors (Lipinski definition) is 0. The Morgan fingerprint density at radius 1 is 1.33 bits per heavy atom. The molecule has 3 aliphatic heterocycles. The molecule has 0 saturated carbocycles. The number of ether oxygens (including phenoxy) is 1. The molecule has 1 saturated heterocycles. The first-order valence-electron chi connectivity index (χ1n) is 10.5. The number of hydrogen-bond acceptors (Lipinski definition) is 7. The van der Waals surface area contributed by atoms with Gasteiger partial charge >= 0.3 is 6.09 Å². The smallest absolute Gasteiger partial charge is 0.410 e. The third kappa shape index (κ3) is 3.67. The highest BCUT2D eigenvalue weighted by Crippen LogP contribution is 2.52. The maximum absolute atomic E-state index is 15.2. The predicted molar refractivity (Wildman–Crippen MR) is 131 cm³/mol. The van der Waals surface area contributed by atoms with E-state index in [4.69, 9.17) is 16.3 Å². The average Bonchev–Trinajstić information content (AvgIpc) is 2.76. The predicted octanol–water partition coefficient (Wildman–Crippen LogP) is 4.86. The maximum atomic E-state index is 15.2. The first-order chi connectivity index (χ1) is 15.6. The van der Waals surface area contributed by atoms with Crippen molar-refractivity contribution in [1.82, 2.24) is 9.88 Å². The third-order valence-corrected chi connectivity index (χ3v) is 8.13. The number of piperazine rings is 1. The highest BCUT2D eigenvalue weighted by molar-refractivity contribution is 9.10. The fourth-order valence-corrected chi connectivity index (χ4v) is 6.02. The van der Waals surface area contributed by atoms with Crippen LogP contribution in [0.4, 0.5) is 20.6 Å². The van der Waals surface area contributed by atoms with Gasteiger partial charge in [-0.1, -0.05) is 11.6 Å². The van der Waals surface area contributed by atoms with Crippen molar-refractivity contribution >= 4 is 73.6 Å². The summed E-state index contributed by atoms with van der Waals surface area (Å²) in [6.45, 7) is 7.14. The zero-order valence-corrected chi connectivity index (χ0v) is 21.4. The normalized spacial score (nSPS) is 19.9. The van der Waals surface area contributed by atoms with Gasteiger partial charge < -0.3 is 19.4 Å². The summed E-state index contributed by atoms with van der Waals surface area (Å²) in [7, 11) is 0. The number of aromatic nitrogens is 1. The molecule has 174 valence electrons. The number of carbonyl (C=O) groups is 1. The minimum Gasteiger partial charge on any atom is -0.444 e. The number of amides is 1. The molecule has 2 aromatic rings. The molecule has 4 heterocycles. The highest BCUT2D eigenvalue weighted by atomic mass is 79.9. The van der Waals surface area contributed by atoms with Gasteiger partial charge in [0, 0.05) is 30.8 Å². The SMILES string of the molecule is CC(C)(C)OC(=O)N1CCN2c3c4c(nc5c(F)c(Br)c(Cl)cc35)SCCN4C(=C=O)[C@H]2C1. The first kappa shape index (κ1) is 22.8. The summed E-state index contributed by atoms with van der Waals surface area (Å²) in [5, 5.41) is 1.49. The molecule has 1 fully saturated rings. The monoisotopic (exact) mass is 554 g/mol. The summed E-state index contributed by atoms with van der Waals surface area (Å²) >= 11 is 11.1. The molecule has 0 spiro atoms. The molecule has 0 N–H and O–H groups in total. The van der Waals surface area contributed by atoms with E-state index < -0.39 is 23.6 Å². The Labute approximate surface area is 208 Å². The van der Waals surface area contributed by atoms with E-state index in [0.717, 1.165) is 11.4 Å². The number of carbonyl (C=O) groups excluding carboxylic acids is 2. The molecule has 5 rings (SSSR count). The van der Waals surface area contributed by atoms with Gasteiger partial charge in [-0.3, -0.25) is 0 Å². The van der Waals surface area contributed by atoms with Crippen LogP contribution in [-0.4, -0.2) is 65.5 Å². The second kappa shape index (κ2) is 8.05. The van der Waals surface area contributed by atoms with Crippen molar-refractivity contribution in [2.45, 2.75) is 37.4 Å². The van der Waals surface area contributed by atoms with Crippen molar-refractivity contribution < 1.29 is 18.7 Å². The van der Waals surface area contributed by atoms with Crippen molar-refractivity contribution in [1.29, 1.82) is 0 Å². The van der Waals surface area contributed by atoms with Crippen LogP contribution in [0.3, 0.4) is 0 Å². The van der Waals surface area contributed by atoms with Crippen LogP contribution in [0, 0.1) is 5.82 Å². The molecule has 3 aliphatic rings. The Bertz CT molecular complexity index is 1250. The molecule has 1 atom stereocenters. The number of thioether (sulfide) groups is 1. The summed E-state index contributed by atoms with van der Waals surface area (Å²) in [4.78, 5) is 35.1. The van der Waals surface area contributed by atoms with E-state index in [9.17, 15) is 9.59 Å². The quantitative estimate of drug-likeness (QED) is 0.340. The Morgan fingerprint density at radius 3 is 2.79 bits per heavy atom. The lowest BCUT2D eigenvalue weighted by Crippen LogP contribution is -2.61. The molecule has 1 aromatic carbocycles. The van der Waals surface area contributed by atoms with E-state index in [-0.39, 0.29) is 21.6 Å². The average molecular weight is 556 g/mol. The van der Waals surface area contributed by atoms with Crippen LogP contribution in [-0.2, 0) is 9.53 Å². The van der Waals surface area contributed by atoms with Crippen molar-refractivity contribution in [3.8, 4) is 0 Å². The zero-order valence-electron chi connectivity index (χ0n) is 18.2. The lowest BCUT2D eigenvalue weighted by molar-refractivity contribution is 0.0222. The van der Waals surface area contributed by atoms with Crippen LogP contribution >= 0.6 is 39.3 Å². The summed E-state index contributed by atoms with van der Waals surface area (Å²) in [6.07, 6.45) is -0.425. The Kier molecular flexibility index (Phi) is 5.55. The van der Waals surface area contributed by atoms with E-state index in [1.807, 2.05) is 25.7 Å². The largest absolute Gasteiger partial charge is 0.444 e. The number of nitrogens with zero attached hydrogens (tertiary/aromatic N) is 4. The minimum atomic E-state index is -0.626. The van der Waals surface area contributed by atoms with E-state index >= 15 is 4.39 Å². The lowest BCUT2D eigenvalue weighted by atomic mass is 9.98. The van der Waals surface area contributed by atoms with E-state index in [1.165, 1.54) is 11.8 Å². The number of rotatable bonds is 0. The lowest BCUT2D eigenvalue weighted by Gasteiger charge is -2.50. The standard InChI is InChI=1S/C22H21BrClFN4O3S/c1-22(2,3)32-21(31)27-4-5-28-13(9-27)14(10-30)29-6-7-33-20-19(29)18(28)11-8-12(24)15(23)16(25)17(11)26-20/h8,13H,4-7,9H2,1-3H3/t13-/m1/s1. The molecule has 0 bridgehead atoms. The molecule has 0 radical (unpaired) electrons. The third-order valence-electron chi connectivity index (χ3n) is 5.89. The molecule has 33 heavy (non-hydrogen) atoms. The fraction of sp³-hybridized carbons (Fsp3) is 0.455. The van der Waals surface area contributed by atoms with Crippen molar-refractivity contribution in [3.63, 3.8) is 0 Å². The van der Waals surface area contributed by atoms with Gasteiger partial charge in [0.15, 0.2) is 5.82 Å². The molecular formula is C22H21BrClFN4O3S. The summed E-state index contributed by atoms with van der Waals surface area (Å²) in [6, 6.07) is 1.26. The van der Waals surface area contributed by atoms with Crippen molar-refractivity contribution in [2.75, 3.05) is 41.7 Å². The van der Waals surface area contributed by atoms with Gasteiger partial charge in [0.05, 0.1) is 33.5 Å². The van der Waals surface area contributed by atoms with Crippen LogP contribution in [0.1, 0.15) is 20.8 Å². The molecule has 1 amide bonds. The molecule has 7 nitrogen and oxygen atoms in total. The molecule has 11 heteroatoms. The Balaban J connectivity index is 1.67. The minimum absolute atomic E-state index is 0.171. The van der Waals surface area contributed by atoms with Gasteiger partial charge in [0.25, 0.3) is 0 Å².